The van der Waals surface area contributed by atoms with Crippen LogP contribution in [0.3, 0.4) is 0 Å². The van der Waals surface area contributed by atoms with Crippen LogP contribution in [0.1, 0.15) is 11.7 Å². The molecule has 0 spiro atoms. The molecule has 6 heteroatoms. The Labute approximate surface area is 174 Å². The van der Waals surface area contributed by atoms with Crippen LogP contribution in [0.25, 0.3) is 10.8 Å². The molecule has 1 atom stereocenters. The summed E-state index contributed by atoms with van der Waals surface area (Å²) in [5.41, 5.74) is 1.71. The first-order chi connectivity index (χ1) is 13.6. The van der Waals surface area contributed by atoms with Crippen LogP contribution in [0, 0.1) is 0 Å². The van der Waals surface area contributed by atoms with E-state index in [-0.39, 0.29) is 12.3 Å². The van der Waals surface area contributed by atoms with Crippen molar-refractivity contribution in [2.24, 2.45) is 0 Å². The molecule has 0 aliphatic carbocycles. The highest BCUT2D eigenvalue weighted by Gasteiger charge is 2.40. The third kappa shape index (κ3) is 3.91. The number of aliphatic hydroxyl groups is 1. The van der Waals surface area contributed by atoms with Crippen LogP contribution in [0.15, 0.2) is 47.7 Å². The number of hydrogen-bond donors (Lipinski definition) is 1. The molecule has 0 amide bonds. The Morgan fingerprint density at radius 2 is 1.31 bits per heavy atom. The smallest absolute Gasteiger partial charge is 0.141 e. The van der Waals surface area contributed by atoms with E-state index in [2.05, 4.69) is 37.8 Å². The van der Waals surface area contributed by atoms with Gasteiger partial charge in [0.15, 0.2) is 0 Å². The number of aliphatic hydroxyl groups excluding tert-OH is 1. The number of fused-ring (bicyclic) bond motifs is 3. The predicted molar refractivity (Wildman–Crippen MR) is 119 cm³/mol. The van der Waals surface area contributed by atoms with Crippen LogP contribution in [0.2, 0.25) is 0 Å². The Kier molecular flexibility index (Phi) is 6.31. The van der Waals surface area contributed by atoms with E-state index >= 15 is 0 Å². The highest BCUT2D eigenvalue weighted by atomic mass is 16.5. The summed E-state index contributed by atoms with van der Waals surface area (Å²) in [5, 5.41) is 13.9. The van der Waals surface area contributed by atoms with E-state index in [1.54, 1.807) is 0 Å². The molecular formula is C23H34N4O2. The number of benzene rings is 2. The Morgan fingerprint density at radius 1 is 0.759 bits per heavy atom. The number of likely N-dealkylation sites (N-methyl/N-ethyl adjacent to an activating group) is 4. The van der Waals surface area contributed by atoms with Gasteiger partial charge in [-0.3, -0.25) is 19.6 Å². The number of rotatable bonds is 6. The summed E-state index contributed by atoms with van der Waals surface area (Å²) in [7, 11) is 16.2. The van der Waals surface area contributed by atoms with Gasteiger partial charge >= 0.3 is 0 Å². The minimum Gasteiger partial charge on any atom is -0.458 e. The molecule has 1 aliphatic heterocycles. The highest BCUT2D eigenvalue weighted by molar-refractivity contribution is 5.89. The normalized spacial score (nSPS) is 17.4. The summed E-state index contributed by atoms with van der Waals surface area (Å²) in [4.78, 5) is 8.44. The minimum absolute atomic E-state index is 0.110. The van der Waals surface area contributed by atoms with Gasteiger partial charge in [-0.05, 0) is 73.2 Å². The van der Waals surface area contributed by atoms with Crippen LogP contribution in [-0.4, -0.2) is 93.4 Å². The first-order valence-electron chi connectivity index (χ1n) is 9.92. The fourth-order valence-corrected chi connectivity index (χ4v) is 4.53. The molecule has 29 heavy (non-hydrogen) atoms. The van der Waals surface area contributed by atoms with E-state index in [4.69, 9.17) is 4.74 Å². The molecule has 3 rings (SSSR count). The van der Waals surface area contributed by atoms with E-state index in [0.717, 1.165) is 33.4 Å². The van der Waals surface area contributed by atoms with E-state index in [1.807, 2.05) is 74.6 Å². The standard InChI is InChI=1S/C23H34N4O2/c1-24(2)22(25(3)4)19-20(28)18-16-12-10-9-11-15(16)13-14-17(18)29-21(19)23(26(5)6)27(7)8/h9-14,20,22-23,28H,1-8H3/t20-/m1/s1. The van der Waals surface area contributed by atoms with Gasteiger partial charge in [-0.15, -0.1) is 0 Å². The second kappa shape index (κ2) is 8.42. The van der Waals surface area contributed by atoms with E-state index in [9.17, 15) is 5.11 Å². The molecule has 1 N–H and O–H groups in total. The van der Waals surface area contributed by atoms with Gasteiger partial charge in [0, 0.05) is 11.1 Å². The second-order valence-corrected chi connectivity index (χ2v) is 8.62. The molecule has 1 aliphatic rings. The number of ether oxygens (including phenoxy) is 1. The molecule has 6 nitrogen and oxygen atoms in total. The molecule has 1 heterocycles. The van der Waals surface area contributed by atoms with Gasteiger partial charge in [0.05, 0.1) is 6.17 Å². The Bertz CT molecular complexity index is 889. The van der Waals surface area contributed by atoms with Gasteiger partial charge < -0.3 is 9.84 Å². The Balaban J connectivity index is 2.30. The summed E-state index contributed by atoms with van der Waals surface area (Å²) >= 11 is 0. The monoisotopic (exact) mass is 398 g/mol. The lowest BCUT2D eigenvalue weighted by molar-refractivity contribution is 0.0721. The van der Waals surface area contributed by atoms with Crippen LogP contribution < -0.4 is 4.74 Å². The molecular weight excluding hydrogens is 364 g/mol. The summed E-state index contributed by atoms with van der Waals surface area (Å²) < 4.78 is 6.57. The predicted octanol–water partition coefficient (Wildman–Crippen LogP) is 2.42. The zero-order chi connectivity index (χ0) is 21.5. The summed E-state index contributed by atoms with van der Waals surface area (Å²) in [6.07, 6.45) is -0.992. The molecule has 0 fully saturated rings. The van der Waals surface area contributed by atoms with Crippen molar-refractivity contribution in [3.05, 3.63) is 53.3 Å². The first kappa shape index (κ1) is 21.7. The van der Waals surface area contributed by atoms with Crippen LogP contribution in [0.4, 0.5) is 0 Å². The van der Waals surface area contributed by atoms with Crippen LogP contribution in [0.5, 0.6) is 5.75 Å². The van der Waals surface area contributed by atoms with Gasteiger partial charge in [-0.2, -0.15) is 0 Å². The van der Waals surface area contributed by atoms with Crippen molar-refractivity contribution in [1.29, 1.82) is 0 Å². The molecule has 2 aromatic carbocycles. The van der Waals surface area contributed by atoms with Crippen molar-refractivity contribution >= 4 is 10.8 Å². The van der Waals surface area contributed by atoms with Crippen molar-refractivity contribution in [1.82, 2.24) is 19.6 Å². The molecule has 0 bridgehead atoms. The van der Waals surface area contributed by atoms with E-state index in [1.165, 1.54) is 0 Å². The quantitative estimate of drug-likeness (QED) is 0.754. The maximum Gasteiger partial charge on any atom is 0.141 e. The Morgan fingerprint density at radius 3 is 1.86 bits per heavy atom. The second-order valence-electron chi connectivity index (χ2n) is 8.62. The lowest BCUT2D eigenvalue weighted by Gasteiger charge is -2.42. The summed E-state index contributed by atoms with van der Waals surface area (Å²) in [6, 6.07) is 12.2. The average molecular weight is 399 g/mol. The molecule has 0 radical (unpaired) electrons. The van der Waals surface area contributed by atoms with E-state index < -0.39 is 6.10 Å². The molecule has 0 aromatic heterocycles. The van der Waals surface area contributed by atoms with Gasteiger partial charge in [-0.25, -0.2) is 0 Å². The fourth-order valence-electron chi connectivity index (χ4n) is 4.53. The molecule has 0 unspecified atom stereocenters. The van der Waals surface area contributed by atoms with Gasteiger partial charge in [0.1, 0.15) is 23.8 Å². The van der Waals surface area contributed by atoms with Crippen molar-refractivity contribution in [2.45, 2.75) is 18.4 Å². The van der Waals surface area contributed by atoms with Crippen LogP contribution in [-0.2, 0) is 0 Å². The van der Waals surface area contributed by atoms with Crippen molar-refractivity contribution in [3.8, 4) is 5.75 Å². The number of nitrogens with zero attached hydrogens (tertiary/aromatic N) is 4. The number of hydrogen-bond acceptors (Lipinski definition) is 6. The molecule has 0 saturated heterocycles. The van der Waals surface area contributed by atoms with Gasteiger partial charge in [0.25, 0.3) is 0 Å². The Hall–Kier alpha value is -1.96. The average Bonchev–Trinajstić information content (AvgIpc) is 2.62. The molecule has 158 valence electrons. The van der Waals surface area contributed by atoms with Gasteiger partial charge in [0.2, 0.25) is 0 Å². The minimum atomic E-state index is -0.767. The zero-order valence-electron chi connectivity index (χ0n) is 18.8. The SMILES string of the molecule is CN(C)C(C1=C(C(N(C)C)N(C)C)[C@H](O)c2c(ccc3ccccc23)O1)N(C)C. The van der Waals surface area contributed by atoms with Crippen molar-refractivity contribution < 1.29 is 9.84 Å². The first-order valence-corrected chi connectivity index (χ1v) is 9.92. The fraction of sp³-hybridized carbons (Fsp3) is 0.478. The molecule has 0 saturated carbocycles. The maximum absolute atomic E-state index is 11.7. The van der Waals surface area contributed by atoms with E-state index in [0.29, 0.717) is 0 Å². The van der Waals surface area contributed by atoms with Crippen molar-refractivity contribution in [2.75, 3.05) is 56.4 Å². The molecule has 2 aromatic rings. The lowest BCUT2D eigenvalue weighted by Crippen LogP contribution is -2.50. The van der Waals surface area contributed by atoms with Gasteiger partial charge in [-0.1, -0.05) is 30.3 Å². The zero-order valence-corrected chi connectivity index (χ0v) is 18.8. The van der Waals surface area contributed by atoms with Crippen LogP contribution >= 0.6 is 0 Å². The third-order valence-corrected chi connectivity index (χ3v) is 5.47. The summed E-state index contributed by atoms with van der Waals surface area (Å²) in [6.45, 7) is 0. The third-order valence-electron chi connectivity index (χ3n) is 5.47. The largest absolute Gasteiger partial charge is 0.458 e. The topological polar surface area (TPSA) is 42.4 Å². The highest BCUT2D eigenvalue weighted by Crippen LogP contribution is 2.45. The lowest BCUT2D eigenvalue weighted by atomic mass is 9.89. The maximum atomic E-state index is 11.7. The van der Waals surface area contributed by atoms with Crippen molar-refractivity contribution in [3.63, 3.8) is 0 Å². The summed E-state index contributed by atoms with van der Waals surface area (Å²) in [5.74, 6) is 1.50.